The van der Waals surface area contributed by atoms with Gasteiger partial charge in [0.1, 0.15) is 0 Å². The first-order chi connectivity index (χ1) is 7.58. The number of anilines is 1. The Labute approximate surface area is 103 Å². The summed E-state index contributed by atoms with van der Waals surface area (Å²) < 4.78 is 1.07. The average molecular weight is 284 g/mol. The summed E-state index contributed by atoms with van der Waals surface area (Å²) >= 11 is 3.49. The third kappa shape index (κ3) is 2.21. The van der Waals surface area contributed by atoms with Crippen molar-refractivity contribution in [3.8, 4) is 0 Å². The predicted molar refractivity (Wildman–Crippen MR) is 66.8 cm³/mol. The van der Waals surface area contributed by atoms with Crippen LogP contribution in [0.1, 0.15) is 12.0 Å². The molecule has 0 spiro atoms. The fraction of sp³-hybridized carbons (Fsp3) is 0.417. The van der Waals surface area contributed by atoms with Gasteiger partial charge in [-0.25, -0.2) is 0 Å². The van der Waals surface area contributed by atoms with Gasteiger partial charge in [-0.15, -0.1) is 0 Å². The van der Waals surface area contributed by atoms with Crippen LogP contribution in [0.3, 0.4) is 0 Å². The summed E-state index contributed by atoms with van der Waals surface area (Å²) in [6, 6.07) is 6.15. The lowest BCUT2D eigenvalue weighted by molar-refractivity contribution is -0.140. The SMILES string of the molecule is Cc1ccc(N2CCC(C(=O)O)C2)cc1Br. The fourth-order valence-electron chi connectivity index (χ4n) is 1.97. The maximum Gasteiger partial charge on any atom is 0.308 e. The lowest BCUT2D eigenvalue weighted by atomic mass is 10.1. The Hall–Kier alpha value is -1.03. The van der Waals surface area contributed by atoms with Gasteiger partial charge in [-0.05, 0) is 31.0 Å². The molecule has 0 amide bonds. The molecular weight excluding hydrogens is 270 g/mol. The van der Waals surface area contributed by atoms with Gasteiger partial charge in [0.2, 0.25) is 0 Å². The molecule has 1 aliphatic heterocycles. The number of aryl methyl sites for hydroxylation is 1. The van der Waals surface area contributed by atoms with E-state index in [-0.39, 0.29) is 5.92 Å². The molecule has 1 fully saturated rings. The van der Waals surface area contributed by atoms with Gasteiger partial charge in [-0.3, -0.25) is 4.79 Å². The number of carbonyl (C=O) groups is 1. The molecule has 1 N–H and O–H groups in total. The first kappa shape index (κ1) is 11.5. The highest BCUT2D eigenvalue weighted by Crippen LogP contribution is 2.28. The van der Waals surface area contributed by atoms with Crippen LogP contribution >= 0.6 is 15.9 Å². The molecular formula is C12H14BrNO2. The molecule has 0 radical (unpaired) electrons. The van der Waals surface area contributed by atoms with Gasteiger partial charge in [-0.1, -0.05) is 22.0 Å². The molecule has 0 aliphatic carbocycles. The number of nitrogens with zero attached hydrogens (tertiary/aromatic N) is 1. The highest BCUT2D eigenvalue weighted by molar-refractivity contribution is 9.10. The molecule has 1 aliphatic rings. The Kier molecular flexibility index (Phi) is 3.19. The lowest BCUT2D eigenvalue weighted by Crippen LogP contribution is -2.22. The summed E-state index contributed by atoms with van der Waals surface area (Å²) in [5.41, 5.74) is 2.29. The minimum atomic E-state index is -0.686. The summed E-state index contributed by atoms with van der Waals surface area (Å²) in [7, 11) is 0. The quantitative estimate of drug-likeness (QED) is 0.907. The predicted octanol–water partition coefficient (Wildman–Crippen LogP) is 2.67. The van der Waals surface area contributed by atoms with E-state index in [9.17, 15) is 4.79 Å². The Balaban J connectivity index is 2.14. The van der Waals surface area contributed by atoms with Crippen molar-refractivity contribution in [1.82, 2.24) is 0 Å². The van der Waals surface area contributed by atoms with Crippen molar-refractivity contribution in [3.63, 3.8) is 0 Å². The van der Waals surface area contributed by atoms with Crippen LogP contribution in [0.25, 0.3) is 0 Å². The molecule has 86 valence electrons. The smallest absolute Gasteiger partial charge is 0.308 e. The molecule has 1 atom stereocenters. The van der Waals surface area contributed by atoms with Crippen LogP contribution in [0, 0.1) is 12.8 Å². The third-order valence-corrected chi connectivity index (χ3v) is 3.91. The molecule has 0 aromatic heterocycles. The third-order valence-electron chi connectivity index (χ3n) is 3.06. The molecule has 4 heteroatoms. The summed E-state index contributed by atoms with van der Waals surface area (Å²) in [4.78, 5) is 13.0. The number of aliphatic carboxylic acids is 1. The fourth-order valence-corrected chi connectivity index (χ4v) is 2.34. The van der Waals surface area contributed by atoms with Crippen molar-refractivity contribution in [2.24, 2.45) is 5.92 Å². The van der Waals surface area contributed by atoms with E-state index in [0.717, 1.165) is 23.1 Å². The number of hydrogen-bond donors (Lipinski definition) is 1. The monoisotopic (exact) mass is 283 g/mol. The van der Waals surface area contributed by atoms with E-state index in [0.29, 0.717) is 6.54 Å². The Morgan fingerprint density at radius 1 is 1.56 bits per heavy atom. The summed E-state index contributed by atoms with van der Waals surface area (Å²) in [6.07, 6.45) is 0.737. The molecule has 3 nitrogen and oxygen atoms in total. The summed E-state index contributed by atoms with van der Waals surface area (Å²) in [6.45, 7) is 3.48. The summed E-state index contributed by atoms with van der Waals surface area (Å²) in [5.74, 6) is -0.909. The van der Waals surface area contributed by atoms with E-state index in [4.69, 9.17) is 5.11 Å². The maximum atomic E-state index is 10.9. The zero-order chi connectivity index (χ0) is 11.7. The minimum absolute atomic E-state index is 0.222. The van der Waals surface area contributed by atoms with Crippen molar-refractivity contribution in [2.45, 2.75) is 13.3 Å². The Morgan fingerprint density at radius 2 is 2.31 bits per heavy atom. The topological polar surface area (TPSA) is 40.5 Å². The van der Waals surface area contributed by atoms with E-state index in [1.54, 1.807) is 0 Å². The second kappa shape index (κ2) is 4.45. The molecule has 1 saturated heterocycles. The summed E-state index contributed by atoms with van der Waals surface area (Å²) in [5, 5.41) is 8.94. The highest BCUT2D eigenvalue weighted by atomic mass is 79.9. The van der Waals surface area contributed by atoms with E-state index < -0.39 is 5.97 Å². The van der Waals surface area contributed by atoms with Crippen LogP contribution in [0.2, 0.25) is 0 Å². The van der Waals surface area contributed by atoms with Crippen LogP contribution in [-0.2, 0) is 4.79 Å². The van der Waals surface area contributed by atoms with Crippen LogP contribution in [0.5, 0.6) is 0 Å². The molecule has 1 heterocycles. The number of benzene rings is 1. The zero-order valence-corrected chi connectivity index (χ0v) is 10.7. The van der Waals surface area contributed by atoms with Crippen molar-refractivity contribution in [2.75, 3.05) is 18.0 Å². The van der Waals surface area contributed by atoms with Crippen molar-refractivity contribution in [1.29, 1.82) is 0 Å². The van der Waals surface area contributed by atoms with Crippen molar-refractivity contribution < 1.29 is 9.90 Å². The zero-order valence-electron chi connectivity index (χ0n) is 9.11. The van der Waals surface area contributed by atoms with Gasteiger partial charge in [0.05, 0.1) is 5.92 Å². The lowest BCUT2D eigenvalue weighted by Gasteiger charge is -2.18. The first-order valence-electron chi connectivity index (χ1n) is 5.32. The van der Waals surface area contributed by atoms with E-state index in [2.05, 4.69) is 26.9 Å². The van der Waals surface area contributed by atoms with Gasteiger partial charge in [0, 0.05) is 23.2 Å². The number of rotatable bonds is 2. The van der Waals surface area contributed by atoms with Crippen molar-refractivity contribution in [3.05, 3.63) is 28.2 Å². The number of hydrogen-bond acceptors (Lipinski definition) is 2. The van der Waals surface area contributed by atoms with E-state index in [1.807, 2.05) is 19.1 Å². The van der Waals surface area contributed by atoms with Crippen LogP contribution < -0.4 is 4.90 Å². The van der Waals surface area contributed by atoms with Gasteiger partial charge in [-0.2, -0.15) is 0 Å². The molecule has 0 bridgehead atoms. The second-order valence-electron chi connectivity index (χ2n) is 4.20. The van der Waals surface area contributed by atoms with Crippen LogP contribution in [0.4, 0.5) is 5.69 Å². The number of halogens is 1. The van der Waals surface area contributed by atoms with Gasteiger partial charge in [0.15, 0.2) is 0 Å². The second-order valence-corrected chi connectivity index (χ2v) is 5.06. The molecule has 1 aromatic rings. The standard InChI is InChI=1S/C12H14BrNO2/c1-8-2-3-10(6-11(8)13)14-5-4-9(7-14)12(15)16/h2-3,6,9H,4-5,7H2,1H3,(H,15,16). The Bertz CT molecular complexity index is 419. The molecule has 16 heavy (non-hydrogen) atoms. The van der Waals surface area contributed by atoms with Gasteiger partial charge >= 0.3 is 5.97 Å². The number of carboxylic acids is 1. The van der Waals surface area contributed by atoms with Crippen molar-refractivity contribution >= 4 is 27.6 Å². The normalized spacial score (nSPS) is 20.1. The molecule has 1 unspecified atom stereocenters. The average Bonchev–Trinajstić information content (AvgIpc) is 2.71. The van der Waals surface area contributed by atoms with E-state index in [1.165, 1.54) is 5.56 Å². The van der Waals surface area contributed by atoms with Gasteiger partial charge in [0.25, 0.3) is 0 Å². The van der Waals surface area contributed by atoms with Gasteiger partial charge < -0.3 is 10.0 Å². The Morgan fingerprint density at radius 3 is 2.88 bits per heavy atom. The highest BCUT2D eigenvalue weighted by Gasteiger charge is 2.28. The molecule has 1 aromatic carbocycles. The maximum absolute atomic E-state index is 10.9. The number of carboxylic acid groups (broad SMARTS) is 1. The minimum Gasteiger partial charge on any atom is -0.481 e. The van der Waals surface area contributed by atoms with Crippen LogP contribution in [-0.4, -0.2) is 24.2 Å². The largest absolute Gasteiger partial charge is 0.481 e. The molecule has 2 rings (SSSR count). The molecule has 0 saturated carbocycles. The first-order valence-corrected chi connectivity index (χ1v) is 6.11. The van der Waals surface area contributed by atoms with Crippen LogP contribution in [0.15, 0.2) is 22.7 Å². The van der Waals surface area contributed by atoms with E-state index >= 15 is 0 Å².